The average molecular weight is 490 g/mol. The zero-order valence-electron chi connectivity index (χ0n) is 19.3. The van der Waals surface area contributed by atoms with Gasteiger partial charge in [-0.2, -0.15) is 0 Å². The summed E-state index contributed by atoms with van der Waals surface area (Å²) in [7, 11) is 0. The van der Waals surface area contributed by atoms with Gasteiger partial charge in [0.25, 0.3) is 5.56 Å². The zero-order valence-corrected chi connectivity index (χ0v) is 20.1. The van der Waals surface area contributed by atoms with Crippen molar-refractivity contribution in [3.05, 3.63) is 100 Å². The Kier molecular flexibility index (Phi) is 7.41. The number of amides is 1. The van der Waals surface area contributed by atoms with Gasteiger partial charge in [0.2, 0.25) is 5.91 Å². The van der Waals surface area contributed by atoms with Crippen molar-refractivity contribution in [2.45, 2.75) is 30.7 Å². The number of hydrogen-bond donors (Lipinski definition) is 1. The second-order valence-corrected chi connectivity index (χ2v) is 9.39. The summed E-state index contributed by atoms with van der Waals surface area (Å²) in [6.45, 7) is 3.78. The summed E-state index contributed by atoms with van der Waals surface area (Å²) in [5.41, 5.74) is 2.27. The predicted molar refractivity (Wildman–Crippen MR) is 136 cm³/mol. The minimum absolute atomic E-state index is 0.0796. The number of Topliss-reactive ketones (excluding diaryl/α,β-unsaturated/α-hetero) is 1. The van der Waals surface area contributed by atoms with Crippen molar-refractivity contribution in [1.82, 2.24) is 14.9 Å². The van der Waals surface area contributed by atoms with Crippen LogP contribution in [0.25, 0.3) is 16.6 Å². The van der Waals surface area contributed by atoms with Crippen LogP contribution in [0, 0.1) is 5.82 Å². The third kappa shape index (κ3) is 5.66. The number of carbonyl (C=O) groups is 2. The van der Waals surface area contributed by atoms with Gasteiger partial charge in [0.15, 0.2) is 10.9 Å². The molecule has 8 heteroatoms. The first-order valence-corrected chi connectivity index (χ1v) is 12.0. The number of para-hydroxylation sites is 1. The Morgan fingerprint density at radius 1 is 1.03 bits per heavy atom. The lowest BCUT2D eigenvalue weighted by molar-refractivity contribution is -0.118. The molecule has 0 saturated carbocycles. The number of ketones is 1. The molecule has 0 fully saturated rings. The highest BCUT2D eigenvalue weighted by atomic mass is 32.2. The number of nitrogens with zero attached hydrogens (tertiary/aromatic N) is 2. The normalized spacial score (nSPS) is 11.9. The highest BCUT2D eigenvalue weighted by molar-refractivity contribution is 8.00. The average Bonchev–Trinajstić information content (AvgIpc) is 2.85. The summed E-state index contributed by atoms with van der Waals surface area (Å²) in [6.07, 6.45) is 0.670. The van der Waals surface area contributed by atoms with Gasteiger partial charge in [0.1, 0.15) is 5.82 Å². The van der Waals surface area contributed by atoms with Gasteiger partial charge >= 0.3 is 0 Å². The molecule has 0 aliphatic rings. The minimum atomic E-state index is -0.528. The van der Waals surface area contributed by atoms with Crippen LogP contribution in [0.5, 0.6) is 0 Å². The summed E-state index contributed by atoms with van der Waals surface area (Å²) in [6, 6.07) is 19.9. The number of nitrogens with one attached hydrogen (secondary N) is 1. The van der Waals surface area contributed by atoms with Crippen LogP contribution < -0.4 is 10.9 Å². The van der Waals surface area contributed by atoms with E-state index in [1.165, 1.54) is 47.5 Å². The van der Waals surface area contributed by atoms with Crippen LogP contribution in [0.1, 0.15) is 29.8 Å². The highest BCUT2D eigenvalue weighted by Gasteiger charge is 2.21. The number of halogens is 1. The quantitative estimate of drug-likeness (QED) is 0.223. The molecule has 4 aromatic rings. The van der Waals surface area contributed by atoms with E-state index in [9.17, 15) is 18.8 Å². The molecule has 4 rings (SSSR count). The maximum absolute atomic E-state index is 13.5. The van der Waals surface area contributed by atoms with Crippen LogP contribution in [0.4, 0.5) is 4.39 Å². The number of benzene rings is 3. The van der Waals surface area contributed by atoms with Gasteiger partial charge in [-0.15, -0.1) is 0 Å². The van der Waals surface area contributed by atoms with Crippen LogP contribution in [0.15, 0.2) is 82.7 Å². The standard InChI is InChI=1S/C27H24FN3O3S/c1-17(25(33)20-9-7-19(8-10-20)15-16-29-18(2)32)35-27-30-24-6-4-3-5-23(24)26(34)31(27)22-13-11-21(28)12-14-22/h3-14,17H,15-16H2,1-2H3,(H,29,32). The molecule has 0 aliphatic carbocycles. The van der Waals surface area contributed by atoms with Gasteiger partial charge in [-0.25, -0.2) is 9.37 Å². The lowest BCUT2D eigenvalue weighted by atomic mass is 10.0. The van der Waals surface area contributed by atoms with Crippen molar-refractivity contribution < 1.29 is 14.0 Å². The van der Waals surface area contributed by atoms with E-state index in [1.807, 2.05) is 12.1 Å². The fraction of sp³-hybridized carbons (Fsp3) is 0.185. The number of aromatic nitrogens is 2. The molecule has 1 N–H and O–H groups in total. The SMILES string of the molecule is CC(=O)NCCc1ccc(C(=O)C(C)Sc2nc3ccccc3c(=O)n2-c2ccc(F)cc2)cc1. The van der Waals surface area contributed by atoms with Gasteiger partial charge < -0.3 is 5.32 Å². The smallest absolute Gasteiger partial charge is 0.266 e. The molecule has 178 valence electrons. The van der Waals surface area contributed by atoms with E-state index in [2.05, 4.69) is 10.3 Å². The molecule has 1 atom stereocenters. The number of fused-ring (bicyclic) bond motifs is 1. The number of thioether (sulfide) groups is 1. The van der Waals surface area contributed by atoms with Crippen molar-refractivity contribution in [3.63, 3.8) is 0 Å². The van der Waals surface area contributed by atoms with Gasteiger partial charge in [0.05, 0.1) is 21.8 Å². The molecule has 0 bridgehead atoms. The predicted octanol–water partition coefficient (Wildman–Crippen LogP) is 4.57. The summed E-state index contributed by atoms with van der Waals surface area (Å²) < 4.78 is 14.9. The van der Waals surface area contributed by atoms with E-state index in [0.717, 1.165) is 5.56 Å². The van der Waals surface area contributed by atoms with Crippen LogP contribution in [0.2, 0.25) is 0 Å². The van der Waals surface area contributed by atoms with E-state index < -0.39 is 11.1 Å². The topological polar surface area (TPSA) is 81.1 Å². The molecule has 1 unspecified atom stereocenters. The summed E-state index contributed by atoms with van der Waals surface area (Å²) in [5, 5.41) is 3.02. The molecule has 1 heterocycles. The molecule has 0 saturated heterocycles. The fourth-order valence-electron chi connectivity index (χ4n) is 3.67. The Hall–Kier alpha value is -3.78. The van der Waals surface area contributed by atoms with Gasteiger partial charge in [-0.1, -0.05) is 48.2 Å². The van der Waals surface area contributed by atoms with Gasteiger partial charge in [0, 0.05) is 19.0 Å². The van der Waals surface area contributed by atoms with E-state index in [-0.39, 0.29) is 17.2 Å². The molecule has 1 aromatic heterocycles. The molecule has 6 nitrogen and oxygen atoms in total. The number of carbonyl (C=O) groups excluding carboxylic acids is 2. The molecule has 0 aliphatic heterocycles. The lowest BCUT2D eigenvalue weighted by Gasteiger charge is -2.16. The van der Waals surface area contributed by atoms with Crippen LogP contribution >= 0.6 is 11.8 Å². The molecule has 35 heavy (non-hydrogen) atoms. The minimum Gasteiger partial charge on any atom is -0.356 e. The van der Waals surface area contributed by atoms with E-state index in [0.29, 0.717) is 40.3 Å². The van der Waals surface area contributed by atoms with E-state index in [4.69, 9.17) is 0 Å². The van der Waals surface area contributed by atoms with Crippen molar-refractivity contribution in [1.29, 1.82) is 0 Å². The van der Waals surface area contributed by atoms with Crippen molar-refractivity contribution in [2.24, 2.45) is 0 Å². The van der Waals surface area contributed by atoms with Crippen molar-refractivity contribution in [3.8, 4) is 5.69 Å². The first-order valence-electron chi connectivity index (χ1n) is 11.2. The third-order valence-electron chi connectivity index (χ3n) is 5.51. The number of hydrogen-bond acceptors (Lipinski definition) is 5. The molecule has 3 aromatic carbocycles. The first kappa shape index (κ1) is 24.3. The van der Waals surface area contributed by atoms with Crippen molar-refractivity contribution in [2.75, 3.05) is 6.54 Å². The summed E-state index contributed by atoms with van der Waals surface area (Å²) >= 11 is 1.18. The highest BCUT2D eigenvalue weighted by Crippen LogP contribution is 2.27. The lowest BCUT2D eigenvalue weighted by Crippen LogP contribution is -2.24. The van der Waals surface area contributed by atoms with E-state index in [1.54, 1.807) is 43.3 Å². The second kappa shape index (κ2) is 10.7. The van der Waals surface area contributed by atoms with Crippen LogP contribution in [0.3, 0.4) is 0 Å². The first-order chi connectivity index (χ1) is 16.8. The van der Waals surface area contributed by atoms with E-state index >= 15 is 0 Å². The molecular weight excluding hydrogens is 465 g/mol. The zero-order chi connectivity index (χ0) is 24.9. The molecule has 1 amide bonds. The largest absolute Gasteiger partial charge is 0.356 e. The molecule has 0 radical (unpaired) electrons. The second-order valence-electron chi connectivity index (χ2n) is 8.08. The fourth-order valence-corrected chi connectivity index (χ4v) is 4.68. The van der Waals surface area contributed by atoms with Gasteiger partial charge in [-0.05, 0) is 55.3 Å². The Balaban J connectivity index is 1.61. The molecule has 0 spiro atoms. The number of rotatable bonds is 8. The summed E-state index contributed by atoms with van der Waals surface area (Å²) in [4.78, 5) is 42.2. The Labute approximate surface area is 206 Å². The monoisotopic (exact) mass is 489 g/mol. The maximum Gasteiger partial charge on any atom is 0.266 e. The van der Waals surface area contributed by atoms with Crippen LogP contribution in [-0.4, -0.2) is 33.0 Å². The Morgan fingerprint density at radius 2 is 1.71 bits per heavy atom. The van der Waals surface area contributed by atoms with Gasteiger partial charge in [-0.3, -0.25) is 19.0 Å². The van der Waals surface area contributed by atoms with Crippen molar-refractivity contribution >= 4 is 34.4 Å². The molecular formula is C27H24FN3O3S. The maximum atomic E-state index is 13.5. The Morgan fingerprint density at radius 3 is 2.40 bits per heavy atom. The third-order valence-corrected chi connectivity index (χ3v) is 6.56. The van der Waals surface area contributed by atoms with Crippen LogP contribution in [-0.2, 0) is 11.2 Å². The summed E-state index contributed by atoms with van der Waals surface area (Å²) in [5.74, 6) is -0.589. The Bertz CT molecular complexity index is 1430.